The van der Waals surface area contributed by atoms with Crippen molar-refractivity contribution in [3.8, 4) is 0 Å². The van der Waals surface area contributed by atoms with Crippen molar-refractivity contribution in [3.63, 3.8) is 0 Å². The Labute approximate surface area is 152 Å². The summed E-state index contributed by atoms with van der Waals surface area (Å²) in [7, 11) is 0. The van der Waals surface area contributed by atoms with Crippen molar-refractivity contribution < 1.29 is 14.3 Å². The number of hydrogen-bond donors (Lipinski definition) is 0. The lowest BCUT2D eigenvalue weighted by atomic mass is 9.73. The number of hydrogen-bond acceptors (Lipinski definition) is 5. The second-order valence-corrected chi connectivity index (χ2v) is 8.30. The van der Waals surface area contributed by atoms with Crippen molar-refractivity contribution in [2.24, 2.45) is 5.41 Å². The quantitative estimate of drug-likeness (QED) is 0.763. The van der Waals surface area contributed by atoms with Crippen LogP contribution in [-0.2, 0) is 4.74 Å². The predicted molar refractivity (Wildman–Crippen MR) is 92.4 cm³/mol. The van der Waals surface area contributed by atoms with Gasteiger partial charge in [0, 0.05) is 31.6 Å². The molecule has 1 aromatic heterocycles. The number of likely N-dealkylation sites (tertiary alicyclic amines) is 2. The Bertz CT molecular complexity index is 665. The SMILES string of the molecule is CC(C)(C)OC(=O)N1CC2(CCCN(C(=O)c3ccc(Cl)nn3)C2)C1. The lowest BCUT2D eigenvalue weighted by Gasteiger charge is -2.54. The van der Waals surface area contributed by atoms with E-state index in [1.165, 1.54) is 0 Å². The summed E-state index contributed by atoms with van der Waals surface area (Å²) in [5.74, 6) is -0.140. The molecule has 25 heavy (non-hydrogen) atoms. The highest BCUT2D eigenvalue weighted by Gasteiger charge is 2.49. The second kappa shape index (κ2) is 6.44. The van der Waals surface area contributed by atoms with Crippen LogP contribution in [0.25, 0.3) is 0 Å². The number of aromatic nitrogens is 2. The zero-order valence-electron chi connectivity index (χ0n) is 14.8. The minimum Gasteiger partial charge on any atom is -0.444 e. The second-order valence-electron chi connectivity index (χ2n) is 7.91. The number of piperidine rings is 1. The van der Waals surface area contributed by atoms with E-state index in [2.05, 4.69) is 10.2 Å². The Morgan fingerprint density at radius 3 is 2.44 bits per heavy atom. The molecule has 0 aromatic carbocycles. The Morgan fingerprint density at radius 2 is 1.84 bits per heavy atom. The van der Waals surface area contributed by atoms with Gasteiger partial charge < -0.3 is 14.5 Å². The van der Waals surface area contributed by atoms with Crippen LogP contribution in [0.3, 0.4) is 0 Å². The Hall–Kier alpha value is -1.89. The van der Waals surface area contributed by atoms with Crippen LogP contribution >= 0.6 is 11.6 Å². The van der Waals surface area contributed by atoms with Crippen LogP contribution in [0.4, 0.5) is 4.79 Å². The fourth-order valence-electron chi connectivity index (χ4n) is 3.45. The molecular weight excluding hydrogens is 344 g/mol. The van der Waals surface area contributed by atoms with Crippen LogP contribution in [0, 0.1) is 5.41 Å². The minimum atomic E-state index is -0.498. The molecule has 0 atom stereocenters. The summed E-state index contributed by atoms with van der Waals surface area (Å²) in [6.07, 6.45) is 1.63. The van der Waals surface area contributed by atoms with Gasteiger partial charge in [-0.25, -0.2) is 4.79 Å². The number of ether oxygens (including phenoxy) is 1. The highest BCUT2D eigenvalue weighted by atomic mass is 35.5. The zero-order valence-corrected chi connectivity index (χ0v) is 15.5. The number of carbonyl (C=O) groups is 2. The van der Waals surface area contributed by atoms with Crippen molar-refractivity contribution in [2.45, 2.75) is 39.2 Å². The number of amides is 2. The fraction of sp³-hybridized carbons (Fsp3) is 0.647. The number of nitrogens with zero attached hydrogens (tertiary/aromatic N) is 4. The van der Waals surface area contributed by atoms with Crippen LogP contribution < -0.4 is 0 Å². The lowest BCUT2D eigenvalue weighted by molar-refractivity contribution is -0.0593. The minimum absolute atomic E-state index is 0.0370. The maximum Gasteiger partial charge on any atom is 0.410 e. The zero-order chi connectivity index (χ0) is 18.2. The van der Waals surface area contributed by atoms with Crippen LogP contribution in [-0.4, -0.2) is 63.8 Å². The van der Waals surface area contributed by atoms with Crippen LogP contribution in [0.15, 0.2) is 12.1 Å². The molecule has 0 radical (unpaired) electrons. The molecule has 2 amide bonds. The smallest absolute Gasteiger partial charge is 0.410 e. The standard InChI is InChI=1S/C17H23ClN4O3/c1-16(2,3)25-15(24)22-10-17(11-22)7-4-8-21(9-17)14(23)12-5-6-13(18)20-19-12/h5-6H,4,7-11H2,1-3H3. The molecule has 3 heterocycles. The van der Waals surface area contributed by atoms with Gasteiger partial charge in [0.25, 0.3) is 5.91 Å². The molecule has 2 aliphatic rings. The van der Waals surface area contributed by atoms with E-state index >= 15 is 0 Å². The van der Waals surface area contributed by atoms with Crippen LogP contribution in [0.5, 0.6) is 0 Å². The average Bonchev–Trinajstić information content (AvgIpc) is 2.51. The summed E-state index contributed by atoms with van der Waals surface area (Å²) >= 11 is 5.72. The van der Waals surface area contributed by atoms with Crippen LogP contribution in [0.2, 0.25) is 5.15 Å². The first-order valence-electron chi connectivity index (χ1n) is 8.44. The molecule has 7 nitrogen and oxygen atoms in total. The van der Waals surface area contributed by atoms with E-state index in [9.17, 15) is 9.59 Å². The van der Waals surface area contributed by atoms with Gasteiger partial charge in [-0.05, 0) is 45.7 Å². The normalized spacial score (nSPS) is 19.5. The maximum atomic E-state index is 12.6. The Kier molecular flexibility index (Phi) is 4.62. The van der Waals surface area contributed by atoms with Gasteiger partial charge in [0.15, 0.2) is 10.8 Å². The highest BCUT2D eigenvalue weighted by molar-refractivity contribution is 6.29. The van der Waals surface area contributed by atoms with E-state index < -0.39 is 5.60 Å². The summed E-state index contributed by atoms with van der Waals surface area (Å²) in [6.45, 7) is 8.13. The molecule has 2 saturated heterocycles. The van der Waals surface area contributed by atoms with Gasteiger partial charge in [0.2, 0.25) is 0 Å². The van der Waals surface area contributed by atoms with Crippen molar-refractivity contribution in [1.29, 1.82) is 0 Å². The summed E-state index contributed by atoms with van der Waals surface area (Å²) in [5.41, 5.74) is -0.239. The molecule has 8 heteroatoms. The molecule has 3 rings (SSSR count). The molecule has 136 valence electrons. The Morgan fingerprint density at radius 1 is 1.16 bits per heavy atom. The van der Waals surface area contributed by atoms with Crippen molar-refractivity contribution in [1.82, 2.24) is 20.0 Å². The summed E-state index contributed by atoms with van der Waals surface area (Å²) in [5, 5.41) is 7.87. The van der Waals surface area contributed by atoms with Gasteiger partial charge in [-0.1, -0.05) is 11.6 Å². The van der Waals surface area contributed by atoms with E-state index in [4.69, 9.17) is 16.3 Å². The van der Waals surface area contributed by atoms with Crippen molar-refractivity contribution in [2.75, 3.05) is 26.2 Å². The van der Waals surface area contributed by atoms with E-state index in [1.807, 2.05) is 20.8 Å². The molecule has 0 unspecified atom stereocenters. The van der Waals surface area contributed by atoms with Crippen molar-refractivity contribution in [3.05, 3.63) is 23.0 Å². The largest absolute Gasteiger partial charge is 0.444 e. The van der Waals surface area contributed by atoms with Gasteiger partial charge >= 0.3 is 6.09 Å². The van der Waals surface area contributed by atoms with E-state index in [0.29, 0.717) is 31.9 Å². The highest BCUT2D eigenvalue weighted by Crippen LogP contribution is 2.39. The number of halogens is 1. The van der Waals surface area contributed by atoms with E-state index in [-0.39, 0.29) is 22.6 Å². The van der Waals surface area contributed by atoms with Gasteiger partial charge in [0.1, 0.15) is 5.60 Å². The molecule has 0 saturated carbocycles. The third-order valence-corrected chi connectivity index (χ3v) is 4.71. The molecule has 0 aliphatic carbocycles. The van der Waals surface area contributed by atoms with E-state index in [1.54, 1.807) is 21.9 Å². The molecule has 0 N–H and O–H groups in total. The summed E-state index contributed by atoms with van der Waals surface area (Å²) < 4.78 is 5.41. The van der Waals surface area contributed by atoms with Gasteiger partial charge in [0.05, 0.1) is 0 Å². The first-order valence-corrected chi connectivity index (χ1v) is 8.82. The van der Waals surface area contributed by atoms with Gasteiger partial charge in [-0.3, -0.25) is 4.79 Å². The number of rotatable bonds is 1. The fourth-order valence-corrected chi connectivity index (χ4v) is 3.55. The third kappa shape index (κ3) is 4.03. The average molecular weight is 367 g/mol. The monoisotopic (exact) mass is 366 g/mol. The molecular formula is C17H23ClN4O3. The Balaban J connectivity index is 1.60. The summed E-state index contributed by atoms with van der Waals surface area (Å²) in [4.78, 5) is 28.3. The summed E-state index contributed by atoms with van der Waals surface area (Å²) in [6, 6.07) is 3.15. The topological polar surface area (TPSA) is 75.6 Å². The molecule has 1 spiro atoms. The molecule has 0 bridgehead atoms. The van der Waals surface area contributed by atoms with E-state index in [0.717, 1.165) is 12.8 Å². The van der Waals surface area contributed by atoms with Crippen LogP contribution in [0.1, 0.15) is 44.1 Å². The first-order chi connectivity index (χ1) is 11.7. The third-order valence-electron chi connectivity index (χ3n) is 4.50. The lowest BCUT2D eigenvalue weighted by Crippen LogP contribution is -2.65. The molecule has 2 fully saturated rings. The van der Waals surface area contributed by atoms with Gasteiger partial charge in [-0.2, -0.15) is 0 Å². The predicted octanol–water partition coefficient (Wildman–Crippen LogP) is 2.60. The molecule has 1 aromatic rings. The first kappa shape index (κ1) is 17.9. The van der Waals surface area contributed by atoms with Crippen molar-refractivity contribution >= 4 is 23.6 Å². The molecule has 2 aliphatic heterocycles. The maximum absolute atomic E-state index is 12.6. The van der Waals surface area contributed by atoms with Gasteiger partial charge in [-0.15, -0.1) is 10.2 Å². The number of carbonyl (C=O) groups excluding carboxylic acids is 2.